The van der Waals surface area contributed by atoms with E-state index < -0.39 is 0 Å². The number of ether oxygens (including phenoxy) is 1. The normalized spacial score (nSPS) is 19.3. The second-order valence-corrected chi connectivity index (χ2v) is 8.10. The van der Waals surface area contributed by atoms with Crippen molar-refractivity contribution in [2.75, 3.05) is 26.2 Å². The summed E-state index contributed by atoms with van der Waals surface area (Å²) in [7, 11) is 0. The maximum atomic E-state index is 13.3. The molecule has 1 aliphatic rings. The van der Waals surface area contributed by atoms with Crippen LogP contribution in [-0.4, -0.2) is 68.2 Å². The van der Waals surface area contributed by atoms with Crippen LogP contribution in [0.4, 0.5) is 0 Å². The molecule has 1 unspecified atom stereocenters. The van der Waals surface area contributed by atoms with E-state index in [9.17, 15) is 4.79 Å². The number of hydrogen-bond donors (Lipinski definition) is 0. The fraction of sp³-hybridized carbons (Fsp3) is 0.667. The highest BCUT2D eigenvalue weighted by Crippen LogP contribution is 2.28. The highest BCUT2D eigenvalue weighted by Gasteiger charge is 2.34. The van der Waals surface area contributed by atoms with E-state index in [2.05, 4.69) is 42.7 Å². The van der Waals surface area contributed by atoms with E-state index >= 15 is 0 Å². The molecule has 1 atom stereocenters. The van der Waals surface area contributed by atoms with E-state index in [0.717, 1.165) is 38.0 Å². The molecule has 3 rings (SSSR count). The molecule has 2 aromatic heterocycles. The summed E-state index contributed by atoms with van der Waals surface area (Å²) in [5.74, 6) is 0.00388. The Morgan fingerprint density at radius 1 is 1.25 bits per heavy atom. The second-order valence-electron chi connectivity index (χ2n) is 8.10. The second kappa shape index (κ2) is 8.57. The Kier molecular flexibility index (Phi) is 6.35. The Morgan fingerprint density at radius 3 is 2.64 bits per heavy atom. The molecule has 0 saturated carbocycles. The first-order valence-corrected chi connectivity index (χ1v) is 10.4. The van der Waals surface area contributed by atoms with Crippen LogP contribution >= 0.6 is 0 Å². The van der Waals surface area contributed by atoms with Gasteiger partial charge in [-0.1, -0.05) is 13.8 Å². The van der Waals surface area contributed by atoms with E-state index in [-0.39, 0.29) is 17.6 Å². The molecule has 7 heteroatoms. The minimum Gasteiger partial charge on any atom is -0.375 e. The number of nitrogens with zero attached hydrogens (tertiary/aromatic N) is 5. The predicted octanol–water partition coefficient (Wildman–Crippen LogP) is 2.99. The van der Waals surface area contributed by atoms with Gasteiger partial charge in [0.1, 0.15) is 5.56 Å². The van der Waals surface area contributed by atoms with Crippen LogP contribution in [-0.2, 0) is 11.3 Å². The maximum Gasteiger partial charge on any atom is 0.259 e. The SMILES string of the molecule is CCN(CC)Cc1cnc2c(C(=O)N(CC)C3CCOC(C)(C)C3)cnn2c1. The lowest BCUT2D eigenvalue weighted by atomic mass is 9.92. The molecule has 7 nitrogen and oxygen atoms in total. The fourth-order valence-corrected chi connectivity index (χ4v) is 4.04. The van der Waals surface area contributed by atoms with Gasteiger partial charge in [-0.15, -0.1) is 0 Å². The van der Waals surface area contributed by atoms with Crippen LogP contribution in [0.5, 0.6) is 0 Å². The van der Waals surface area contributed by atoms with Crippen molar-refractivity contribution >= 4 is 11.6 Å². The molecule has 0 spiro atoms. The lowest BCUT2D eigenvalue weighted by molar-refractivity contribution is -0.0777. The van der Waals surface area contributed by atoms with Crippen molar-refractivity contribution in [2.45, 2.75) is 65.6 Å². The van der Waals surface area contributed by atoms with Crippen molar-refractivity contribution in [3.63, 3.8) is 0 Å². The largest absolute Gasteiger partial charge is 0.375 e. The van der Waals surface area contributed by atoms with Crippen LogP contribution in [0.15, 0.2) is 18.6 Å². The van der Waals surface area contributed by atoms with Crippen molar-refractivity contribution < 1.29 is 9.53 Å². The van der Waals surface area contributed by atoms with Crippen molar-refractivity contribution in [3.05, 3.63) is 29.7 Å². The third kappa shape index (κ3) is 4.36. The van der Waals surface area contributed by atoms with Crippen LogP contribution in [0.2, 0.25) is 0 Å². The van der Waals surface area contributed by atoms with E-state index in [0.29, 0.717) is 24.4 Å². The van der Waals surface area contributed by atoms with Gasteiger partial charge in [-0.2, -0.15) is 5.10 Å². The number of aromatic nitrogens is 3. The molecular formula is C21H33N5O2. The third-order valence-electron chi connectivity index (χ3n) is 5.65. The highest BCUT2D eigenvalue weighted by atomic mass is 16.5. The summed E-state index contributed by atoms with van der Waals surface area (Å²) in [6.45, 7) is 14.7. The van der Waals surface area contributed by atoms with Crippen molar-refractivity contribution in [1.29, 1.82) is 0 Å². The molecule has 0 aliphatic carbocycles. The lowest BCUT2D eigenvalue weighted by Crippen LogP contribution is -2.48. The van der Waals surface area contributed by atoms with Gasteiger partial charge in [0, 0.05) is 43.7 Å². The fourth-order valence-electron chi connectivity index (χ4n) is 4.04. The highest BCUT2D eigenvalue weighted by molar-refractivity contribution is 5.99. The minimum absolute atomic E-state index is 0.00388. The summed E-state index contributed by atoms with van der Waals surface area (Å²) in [5, 5.41) is 4.41. The average molecular weight is 388 g/mol. The molecular weight excluding hydrogens is 354 g/mol. The Labute approximate surface area is 167 Å². The summed E-state index contributed by atoms with van der Waals surface area (Å²) in [5.41, 5.74) is 2.09. The van der Waals surface area contributed by atoms with Crippen molar-refractivity contribution in [1.82, 2.24) is 24.4 Å². The van der Waals surface area contributed by atoms with Crippen LogP contribution < -0.4 is 0 Å². The van der Waals surface area contributed by atoms with Crippen LogP contribution in [0.3, 0.4) is 0 Å². The number of fused-ring (bicyclic) bond motifs is 1. The van der Waals surface area contributed by atoms with Crippen LogP contribution in [0, 0.1) is 0 Å². The third-order valence-corrected chi connectivity index (χ3v) is 5.65. The molecule has 3 heterocycles. The molecule has 0 radical (unpaired) electrons. The molecule has 0 aromatic carbocycles. The summed E-state index contributed by atoms with van der Waals surface area (Å²) < 4.78 is 7.55. The predicted molar refractivity (Wildman–Crippen MR) is 109 cm³/mol. The Hall–Kier alpha value is -1.99. The van der Waals surface area contributed by atoms with E-state index in [1.54, 1.807) is 10.7 Å². The summed E-state index contributed by atoms with van der Waals surface area (Å²) >= 11 is 0. The van der Waals surface area contributed by atoms with E-state index in [4.69, 9.17) is 4.74 Å². The van der Waals surface area contributed by atoms with Crippen LogP contribution in [0.1, 0.15) is 63.4 Å². The van der Waals surface area contributed by atoms with Gasteiger partial charge in [-0.25, -0.2) is 9.50 Å². The summed E-state index contributed by atoms with van der Waals surface area (Å²) in [6, 6.07) is 0.179. The first-order chi connectivity index (χ1) is 13.4. The number of carbonyl (C=O) groups excluding carboxylic acids is 1. The molecule has 1 amide bonds. The number of amides is 1. The van der Waals surface area contributed by atoms with Gasteiger partial charge in [0.15, 0.2) is 5.65 Å². The maximum absolute atomic E-state index is 13.3. The zero-order chi connectivity index (χ0) is 20.3. The zero-order valence-corrected chi connectivity index (χ0v) is 17.8. The first-order valence-electron chi connectivity index (χ1n) is 10.4. The molecule has 2 aromatic rings. The molecule has 154 valence electrons. The smallest absolute Gasteiger partial charge is 0.259 e. The minimum atomic E-state index is -0.199. The molecule has 1 saturated heterocycles. The van der Waals surface area contributed by atoms with Crippen LogP contribution in [0.25, 0.3) is 5.65 Å². The Morgan fingerprint density at radius 2 is 2.00 bits per heavy atom. The Bertz CT molecular complexity index is 812. The van der Waals surface area contributed by atoms with E-state index in [1.165, 1.54) is 0 Å². The first kappa shape index (κ1) is 20.7. The van der Waals surface area contributed by atoms with Crippen molar-refractivity contribution in [2.24, 2.45) is 0 Å². The summed E-state index contributed by atoms with van der Waals surface area (Å²) in [6.07, 6.45) is 7.20. The van der Waals surface area contributed by atoms with Gasteiger partial charge in [-0.05, 0) is 46.7 Å². The molecule has 1 fully saturated rings. The summed E-state index contributed by atoms with van der Waals surface area (Å²) in [4.78, 5) is 22.2. The van der Waals surface area contributed by atoms with E-state index in [1.807, 2.05) is 24.2 Å². The average Bonchev–Trinajstić information content (AvgIpc) is 3.09. The van der Waals surface area contributed by atoms with Crippen molar-refractivity contribution in [3.8, 4) is 0 Å². The number of rotatable bonds is 7. The molecule has 0 N–H and O–H groups in total. The number of carbonyl (C=O) groups is 1. The zero-order valence-electron chi connectivity index (χ0n) is 17.8. The van der Waals surface area contributed by atoms with Gasteiger partial charge in [-0.3, -0.25) is 9.69 Å². The van der Waals surface area contributed by atoms with Gasteiger partial charge < -0.3 is 9.64 Å². The molecule has 1 aliphatic heterocycles. The quantitative estimate of drug-likeness (QED) is 0.731. The monoisotopic (exact) mass is 387 g/mol. The lowest BCUT2D eigenvalue weighted by Gasteiger charge is -2.40. The Balaban J connectivity index is 1.82. The number of hydrogen-bond acceptors (Lipinski definition) is 5. The van der Waals surface area contributed by atoms with Gasteiger partial charge >= 0.3 is 0 Å². The van der Waals surface area contributed by atoms with Gasteiger partial charge in [0.25, 0.3) is 5.91 Å². The molecule has 0 bridgehead atoms. The van der Waals surface area contributed by atoms with Gasteiger partial charge in [0.05, 0.1) is 11.8 Å². The molecule has 28 heavy (non-hydrogen) atoms. The standard InChI is InChI=1S/C21H33N5O2/c1-6-24(7-2)14-16-12-22-19-18(13-23-26(19)15-16)20(27)25(8-3)17-9-10-28-21(4,5)11-17/h12-13,15,17H,6-11,14H2,1-5H3. The topological polar surface area (TPSA) is 63.0 Å². The van der Waals surface area contributed by atoms with Gasteiger partial charge in [0.2, 0.25) is 0 Å².